The van der Waals surface area contributed by atoms with E-state index in [1.54, 1.807) is 35.4 Å². The average Bonchev–Trinajstić information content (AvgIpc) is 3.07. The minimum Gasteiger partial charge on any atom is -0.250 e. The van der Waals surface area contributed by atoms with Crippen LogP contribution < -0.4 is 10.5 Å². The molecule has 3 heterocycles. The van der Waals surface area contributed by atoms with Crippen LogP contribution in [0.2, 0.25) is 0 Å². The Balaban J connectivity index is 1.83. The number of fused-ring (bicyclic) bond motifs is 4. The van der Waals surface area contributed by atoms with Gasteiger partial charge >= 0.3 is 5.56 Å². The second-order valence-electron chi connectivity index (χ2n) is 6.74. The second-order valence-corrected chi connectivity index (χ2v) is 6.74. The highest BCUT2D eigenvalue weighted by Gasteiger charge is 2.24. The van der Waals surface area contributed by atoms with Gasteiger partial charge in [-0.1, -0.05) is 36.9 Å². The molecule has 8 heteroatoms. The van der Waals surface area contributed by atoms with Crippen molar-refractivity contribution in [2.75, 3.05) is 0 Å². The molecular formula is C22H16FN6O+. The number of aromatic amines is 1. The van der Waals surface area contributed by atoms with Gasteiger partial charge in [-0.15, -0.1) is 9.78 Å². The lowest BCUT2D eigenvalue weighted by Gasteiger charge is -1.97. The summed E-state index contributed by atoms with van der Waals surface area (Å²) in [7, 11) is 0. The Bertz CT molecular complexity index is 1510. The lowest BCUT2D eigenvalue weighted by atomic mass is 10.2. The van der Waals surface area contributed by atoms with E-state index in [0.717, 1.165) is 0 Å². The predicted molar refractivity (Wildman–Crippen MR) is 113 cm³/mol. The van der Waals surface area contributed by atoms with Gasteiger partial charge in [0.25, 0.3) is 5.65 Å². The highest BCUT2D eigenvalue weighted by molar-refractivity contribution is 6.03. The summed E-state index contributed by atoms with van der Waals surface area (Å²) >= 11 is 0. The van der Waals surface area contributed by atoms with Crippen LogP contribution in [-0.4, -0.2) is 25.4 Å². The number of nitrogens with zero attached hydrogens (tertiary/aromatic N) is 5. The molecule has 1 N–H and O–H groups in total. The first kappa shape index (κ1) is 17.9. The summed E-state index contributed by atoms with van der Waals surface area (Å²) in [5.74, 6) is -0.322. The van der Waals surface area contributed by atoms with E-state index in [2.05, 4.69) is 21.6 Å². The van der Waals surface area contributed by atoms with Crippen LogP contribution in [0, 0.1) is 5.82 Å². The van der Waals surface area contributed by atoms with Crippen LogP contribution in [-0.2, 0) is 6.54 Å². The number of para-hydroxylation sites is 2. The second kappa shape index (κ2) is 7.00. The molecule has 3 aromatic heterocycles. The fourth-order valence-electron chi connectivity index (χ4n) is 3.37. The van der Waals surface area contributed by atoms with Crippen molar-refractivity contribution in [3.63, 3.8) is 0 Å². The number of H-pyrrole nitrogens is 1. The van der Waals surface area contributed by atoms with Crippen molar-refractivity contribution < 1.29 is 9.37 Å². The number of rotatable bonds is 4. The summed E-state index contributed by atoms with van der Waals surface area (Å²) in [6, 6.07) is 13.4. The number of benzene rings is 2. The summed E-state index contributed by atoms with van der Waals surface area (Å²) in [5.41, 5.74) is 3.26. The van der Waals surface area contributed by atoms with Gasteiger partial charge in [0.1, 0.15) is 11.3 Å². The third kappa shape index (κ3) is 2.86. The number of allylic oxidation sites excluding steroid dienone is 1. The average molecular weight is 399 g/mol. The molecule has 5 aromatic rings. The third-order valence-electron chi connectivity index (χ3n) is 4.79. The van der Waals surface area contributed by atoms with E-state index in [1.807, 2.05) is 24.3 Å². The van der Waals surface area contributed by atoms with Gasteiger partial charge in [0.05, 0.1) is 23.8 Å². The number of aromatic nitrogens is 5. The van der Waals surface area contributed by atoms with E-state index < -0.39 is 0 Å². The summed E-state index contributed by atoms with van der Waals surface area (Å²) in [6.07, 6.45) is 4.81. The third-order valence-corrected chi connectivity index (χ3v) is 4.79. The topological polar surface area (TPSA) is 79.2 Å². The number of nitrogens with one attached hydrogen (secondary N) is 1. The fourth-order valence-corrected chi connectivity index (χ4v) is 3.37. The Labute approximate surface area is 169 Å². The summed E-state index contributed by atoms with van der Waals surface area (Å²) in [5, 5.41) is 4.91. The van der Waals surface area contributed by atoms with Crippen molar-refractivity contribution >= 4 is 39.4 Å². The van der Waals surface area contributed by atoms with Crippen LogP contribution >= 0.6 is 0 Å². The van der Waals surface area contributed by atoms with Crippen molar-refractivity contribution in [1.29, 1.82) is 0 Å². The first-order valence-corrected chi connectivity index (χ1v) is 9.28. The zero-order valence-electron chi connectivity index (χ0n) is 15.8. The van der Waals surface area contributed by atoms with E-state index >= 15 is 0 Å². The van der Waals surface area contributed by atoms with Crippen LogP contribution in [0.4, 0.5) is 4.39 Å². The monoisotopic (exact) mass is 399 g/mol. The highest BCUT2D eigenvalue weighted by Crippen LogP contribution is 2.23. The van der Waals surface area contributed by atoms with Crippen molar-refractivity contribution in [2.24, 2.45) is 5.10 Å². The molecule has 0 saturated heterocycles. The first-order valence-electron chi connectivity index (χ1n) is 9.28. The van der Waals surface area contributed by atoms with Crippen molar-refractivity contribution in [1.82, 2.24) is 19.2 Å². The molecule has 0 aliphatic carbocycles. The molecule has 0 atom stereocenters. The van der Waals surface area contributed by atoms with E-state index in [1.165, 1.54) is 16.7 Å². The van der Waals surface area contributed by atoms with Gasteiger partial charge in [0, 0.05) is 0 Å². The molecule has 0 amide bonds. The molecule has 2 aromatic carbocycles. The Morgan fingerprint density at radius 2 is 1.83 bits per heavy atom. The molecule has 146 valence electrons. The highest BCUT2D eigenvalue weighted by atomic mass is 19.1. The van der Waals surface area contributed by atoms with E-state index in [9.17, 15) is 9.18 Å². The van der Waals surface area contributed by atoms with Crippen LogP contribution in [0.3, 0.4) is 0 Å². The molecule has 7 nitrogen and oxygen atoms in total. The summed E-state index contributed by atoms with van der Waals surface area (Å²) in [6.45, 7) is 4.06. The Hall–Kier alpha value is -4.20. The first-order chi connectivity index (χ1) is 14.7. The molecule has 0 fully saturated rings. The maximum atomic E-state index is 13.2. The van der Waals surface area contributed by atoms with Gasteiger partial charge in [0.2, 0.25) is 5.65 Å². The quantitative estimate of drug-likeness (QED) is 0.344. The van der Waals surface area contributed by atoms with Crippen LogP contribution in [0.1, 0.15) is 5.56 Å². The standard InChI is InChI=1S/C22H15FN6O/c1-2-11-28-13-24-20-18(22(28)30)19-21(27-17-6-4-3-5-16(17)26-19)29(20)25-12-14-7-9-15(23)10-8-14/h2-10,12-13H,1,11H2/p+1/b25-12+. The van der Waals surface area contributed by atoms with Crippen LogP contribution in [0.25, 0.3) is 33.2 Å². The van der Waals surface area contributed by atoms with Crippen LogP contribution in [0.15, 0.2) is 77.4 Å². The molecule has 0 saturated carbocycles. The SMILES string of the molecule is C=CCn1c[nH+]c2c(c1=O)c1nc3ccccc3nc1n2/N=C/c1ccc(F)cc1. The molecule has 0 aliphatic heterocycles. The van der Waals surface area contributed by atoms with Gasteiger partial charge < -0.3 is 0 Å². The molecule has 0 unspecified atom stereocenters. The largest absolute Gasteiger partial charge is 0.323 e. The number of halogens is 1. The fraction of sp³-hybridized carbons (Fsp3) is 0.0455. The van der Waals surface area contributed by atoms with E-state index in [-0.39, 0.29) is 11.4 Å². The zero-order valence-corrected chi connectivity index (χ0v) is 15.8. The maximum absolute atomic E-state index is 13.2. The molecule has 0 bridgehead atoms. The number of hydrogen-bond donors (Lipinski definition) is 0. The summed E-state index contributed by atoms with van der Waals surface area (Å²) < 4.78 is 16.3. The van der Waals surface area contributed by atoms with Gasteiger partial charge in [-0.2, -0.15) is 0 Å². The Morgan fingerprint density at radius 3 is 2.57 bits per heavy atom. The van der Waals surface area contributed by atoms with Crippen molar-refractivity contribution in [3.05, 3.63) is 89.2 Å². The lowest BCUT2D eigenvalue weighted by molar-refractivity contribution is -0.357. The van der Waals surface area contributed by atoms with Crippen molar-refractivity contribution in [3.8, 4) is 0 Å². The van der Waals surface area contributed by atoms with E-state index in [4.69, 9.17) is 4.98 Å². The molecular weight excluding hydrogens is 383 g/mol. The lowest BCUT2D eigenvalue weighted by Crippen LogP contribution is -2.26. The molecule has 30 heavy (non-hydrogen) atoms. The van der Waals surface area contributed by atoms with Gasteiger partial charge in [-0.3, -0.25) is 0 Å². The maximum Gasteiger partial charge on any atom is 0.323 e. The molecule has 0 spiro atoms. The van der Waals surface area contributed by atoms with Crippen LogP contribution in [0.5, 0.6) is 0 Å². The normalized spacial score (nSPS) is 11.8. The molecule has 0 aliphatic rings. The predicted octanol–water partition coefficient (Wildman–Crippen LogP) is 2.92. The van der Waals surface area contributed by atoms with E-state index in [0.29, 0.717) is 45.3 Å². The number of hydrogen-bond acceptors (Lipinski definition) is 4. The Morgan fingerprint density at radius 1 is 1.10 bits per heavy atom. The smallest absolute Gasteiger partial charge is 0.250 e. The Kier molecular flexibility index (Phi) is 4.17. The zero-order chi connectivity index (χ0) is 20.7. The minimum absolute atomic E-state index is 0.214. The molecule has 5 rings (SSSR count). The molecule has 0 radical (unpaired) electrons. The van der Waals surface area contributed by atoms with Gasteiger partial charge in [0.15, 0.2) is 11.7 Å². The van der Waals surface area contributed by atoms with Gasteiger partial charge in [-0.05, 0) is 29.8 Å². The van der Waals surface area contributed by atoms with Crippen molar-refractivity contribution in [2.45, 2.75) is 6.54 Å². The van der Waals surface area contributed by atoms with Gasteiger partial charge in [-0.25, -0.2) is 28.7 Å². The summed E-state index contributed by atoms with van der Waals surface area (Å²) in [4.78, 5) is 25.6. The minimum atomic E-state index is -0.322.